The lowest BCUT2D eigenvalue weighted by Gasteiger charge is -2.37. The van der Waals surface area contributed by atoms with Gasteiger partial charge >= 0.3 is 0 Å². The van der Waals surface area contributed by atoms with Gasteiger partial charge in [-0.1, -0.05) is 6.92 Å². The standard InChI is InChI=1S/C17H35N3O/c1-6-11-19-12-9-10-16(13-19)14(4)18-15(5)17(21)20(7-2)8-3/h14-16,18H,6-13H2,1-5H3. The summed E-state index contributed by atoms with van der Waals surface area (Å²) < 4.78 is 0. The lowest BCUT2D eigenvalue weighted by atomic mass is 9.91. The lowest BCUT2D eigenvalue weighted by Crippen LogP contribution is -2.52. The van der Waals surface area contributed by atoms with E-state index in [2.05, 4.69) is 24.1 Å². The number of hydrogen-bond donors (Lipinski definition) is 1. The Morgan fingerprint density at radius 2 is 1.95 bits per heavy atom. The molecule has 0 aromatic rings. The first kappa shape index (κ1) is 18.4. The van der Waals surface area contributed by atoms with Crippen LogP contribution in [0, 0.1) is 5.92 Å². The van der Waals surface area contributed by atoms with Gasteiger partial charge in [0.25, 0.3) is 0 Å². The zero-order chi connectivity index (χ0) is 15.8. The van der Waals surface area contributed by atoms with Gasteiger partial charge in [-0.2, -0.15) is 0 Å². The minimum Gasteiger partial charge on any atom is -0.342 e. The van der Waals surface area contributed by atoms with E-state index in [1.165, 1.54) is 38.9 Å². The fourth-order valence-corrected chi connectivity index (χ4v) is 3.43. The van der Waals surface area contributed by atoms with Crippen molar-refractivity contribution in [3.63, 3.8) is 0 Å². The van der Waals surface area contributed by atoms with Crippen LogP contribution in [-0.2, 0) is 4.79 Å². The third kappa shape index (κ3) is 5.59. The van der Waals surface area contributed by atoms with Gasteiger partial charge in [-0.05, 0) is 66.0 Å². The van der Waals surface area contributed by atoms with Crippen LogP contribution in [0.5, 0.6) is 0 Å². The molecule has 3 atom stereocenters. The smallest absolute Gasteiger partial charge is 0.239 e. The van der Waals surface area contributed by atoms with E-state index >= 15 is 0 Å². The molecule has 0 aromatic heterocycles. The Morgan fingerprint density at radius 3 is 2.52 bits per heavy atom. The predicted molar refractivity (Wildman–Crippen MR) is 89.4 cm³/mol. The molecule has 0 bridgehead atoms. The summed E-state index contributed by atoms with van der Waals surface area (Å²) in [6.45, 7) is 15.8. The van der Waals surface area contributed by atoms with Crippen molar-refractivity contribution in [3.8, 4) is 0 Å². The summed E-state index contributed by atoms with van der Waals surface area (Å²) in [7, 11) is 0. The van der Waals surface area contributed by atoms with Gasteiger partial charge in [0.05, 0.1) is 6.04 Å². The summed E-state index contributed by atoms with van der Waals surface area (Å²) in [5.74, 6) is 0.894. The Kier molecular flexibility index (Phi) is 8.27. The van der Waals surface area contributed by atoms with E-state index in [1.807, 2.05) is 25.7 Å². The van der Waals surface area contributed by atoms with Crippen LogP contribution in [0.4, 0.5) is 0 Å². The number of nitrogens with zero attached hydrogens (tertiary/aromatic N) is 2. The number of amides is 1. The van der Waals surface area contributed by atoms with Crippen LogP contribution < -0.4 is 5.32 Å². The molecule has 21 heavy (non-hydrogen) atoms. The van der Waals surface area contributed by atoms with Crippen LogP contribution in [0.25, 0.3) is 0 Å². The summed E-state index contributed by atoms with van der Waals surface area (Å²) in [4.78, 5) is 16.8. The highest BCUT2D eigenvalue weighted by molar-refractivity contribution is 5.81. The number of likely N-dealkylation sites (N-methyl/N-ethyl adjacent to an activating group) is 1. The van der Waals surface area contributed by atoms with Gasteiger partial charge < -0.3 is 15.1 Å². The average molecular weight is 297 g/mol. The largest absolute Gasteiger partial charge is 0.342 e. The summed E-state index contributed by atoms with van der Waals surface area (Å²) in [6.07, 6.45) is 3.79. The number of piperidine rings is 1. The van der Waals surface area contributed by atoms with Gasteiger partial charge in [0.2, 0.25) is 5.91 Å². The molecule has 4 heteroatoms. The molecule has 1 saturated heterocycles. The molecule has 3 unspecified atom stereocenters. The Hall–Kier alpha value is -0.610. The van der Waals surface area contributed by atoms with Gasteiger partial charge in [-0.25, -0.2) is 0 Å². The second-order valence-electron chi connectivity index (χ2n) is 6.39. The van der Waals surface area contributed by atoms with Crippen LogP contribution in [0.15, 0.2) is 0 Å². The highest BCUT2D eigenvalue weighted by atomic mass is 16.2. The van der Waals surface area contributed by atoms with Gasteiger partial charge in [0.1, 0.15) is 0 Å². The Labute approximate surface area is 131 Å². The zero-order valence-electron chi connectivity index (χ0n) is 14.7. The molecular formula is C17H35N3O. The monoisotopic (exact) mass is 297 g/mol. The number of likely N-dealkylation sites (tertiary alicyclic amines) is 1. The van der Waals surface area contributed by atoms with E-state index in [1.54, 1.807) is 0 Å². The van der Waals surface area contributed by atoms with Crippen LogP contribution in [0.2, 0.25) is 0 Å². The normalized spacial score (nSPS) is 22.8. The molecule has 1 aliphatic heterocycles. The topological polar surface area (TPSA) is 35.6 Å². The Balaban J connectivity index is 2.47. The summed E-state index contributed by atoms with van der Waals surface area (Å²) in [6, 6.07) is 0.320. The third-order valence-corrected chi connectivity index (χ3v) is 4.75. The molecule has 1 heterocycles. The molecule has 1 rings (SSSR count). The molecule has 0 spiro atoms. The van der Waals surface area contributed by atoms with Gasteiger partial charge in [0.15, 0.2) is 0 Å². The van der Waals surface area contributed by atoms with Crippen molar-refractivity contribution < 1.29 is 4.79 Å². The summed E-state index contributed by atoms with van der Waals surface area (Å²) in [5.41, 5.74) is 0. The van der Waals surface area contributed by atoms with Gasteiger partial charge in [-0.3, -0.25) is 4.79 Å². The molecule has 0 aliphatic carbocycles. The molecule has 1 aliphatic rings. The van der Waals surface area contributed by atoms with E-state index in [9.17, 15) is 4.79 Å². The van der Waals surface area contributed by atoms with E-state index in [-0.39, 0.29) is 11.9 Å². The first-order valence-electron chi connectivity index (χ1n) is 8.80. The summed E-state index contributed by atoms with van der Waals surface area (Å²) >= 11 is 0. The molecular weight excluding hydrogens is 262 g/mol. The quantitative estimate of drug-likeness (QED) is 0.747. The third-order valence-electron chi connectivity index (χ3n) is 4.75. The SMILES string of the molecule is CCCN1CCCC(C(C)NC(C)C(=O)N(CC)CC)C1. The highest BCUT2D eigenvalue weighted by Gasteiger charge is 2.27. The number of carbonyl (C=O) groups is 1. The molecule has 1 N–H and O–H groups in total. The van der Waals surface area contributed by atoms with Crippen molar-refractivity contribution >= 4 is 5.91 Å². The van der Waals surface area contributed by atoms with E-state index in [4.69, 9.17) is 0 Å². The van der Waals surface area contributed by atoms with Crippen molar-refractivity contribution in [2.75, 3.05) is 32.7 Å². The van der Waals surface area contributed by atoms with Gasteiger partial charge in [-0.15, -0.1) is 0 Å². The predicted octanol–water partition coefficient (Wildman–Crippen LogP) is 2.34. The molecule has 4 nitrogen and oxygen atoms in total. The van der Waals surface area contributed by atoms with Crippen molar-refractivity contribution in [1.82, 2.24) is 15.1 Å². The number of rotatable bonds is 8. The molecule has 0 aromatic carbocycles. The van der Waals surface area contributed by atoms with Crippen LogP contribution >= 0.6 is 0 Å². The Bertz CT molecular complexity index is 302. The maximum absolute atomic E-state index is 12.3. The fourth-order valence-electron chi connectivity index (χ4n) is 3.43. The maximum Gasteiger partial charge on any atom is 0.239 e. The summed E-state index contributed by atoms with van der Waals surface area (Å²) in [5, 5.41) is 3.54. The lowest BCUT2D eigenvalue weighted by molar-refractivity contribution is -0.133. The fraction of sp³-hybridized carbons (Fsp3) is 0.941. The molecule has 1 amide bonds. The average Bonchev–Trinajstić information content (AvgIpc) is 2.48. The van der Waals surface area contributed by atoms with Crippen molar-refractivity contribution in [2.45, 2.75) is 66.0 Å². The minimum absolute atomic E-state index is 0.0820. The van der Waals surface area contributed by atoms with Crippen LogP contribution in [0.1, 0.15) is 53.9 Å². The zero-order valence-corrected chi connectivity index (χ0v) is 14.7. The second-order valence-corrected chi connectivity index (χ2v) is 6.39. The van der Waals surface area contributed by atoms with Gasteiger partial charge in [0, 0.05) is 25.7 Å². The highest BCUT2D eigenvalue weighted by Crippen LogP contribution is 2.20. The molecule has 0 saturated carbocycles. The maximum atomic E-state index is 12.3. The van der Waals surface area contributed by atoms with E-state index in [0.717, 1.165) is 13.1 Å². The molecule has 1 fully saturated rings. The van der Waals surface area contributed by atoms with Crippen molar-refractivity contribution in [2.24, 2.45) is 5.92 Å². The number of nitrogens with one attached hydrogen (secondary N) is 1. The van der Waals surface area contributed by atoms with Crippen molar-refractivity contribution in [3.05, 3.63) is 0 Å². The Morgan fingerprint density at radius 1 is 1.29 bits per heavy atom. The van der Waals surface area contributed by atoms with E-state index in [0.29, 0.717) is 12.0 Å². The molecule has 124 valence electrons. The molecule has 0 radical (unpaired) electrons. The number of carbonyl (C=O) groups excluding carboxylic acids is 1. The first-order chi connectivity index (χ1) is 10.0. The van der Waals surface area contributed by atoms with Crippen LogP contribution in [-0.4, -0.2) is 60.5 Å². The first-order valence-corrected chi connectivity index (χ1v) is 8.80. The second kappa shape index (κ2) is 9.42. The number of hydrogen-bond acceptors (Lipinski definition) is 3. The minimum atomic E-state index is -0.0820. The van der Waals surface area contributed by atoms with E-state index < -0.39 is 0 Å². The van der Waals surface area contributed by atoms with Crippen LogP contribution in [0.3, 0.4) is 0 Å². The van der Waals surface area contributed by atoms with Crippen molar-refractivity contribution in [1.29, 1.82) is 0 Å².